The quantitative estimate of drug-likeness (QED) is 0.0414. The first-order chi connectivity index (χ1) is 36.6. The molecule has 416 valence electrons. The van der Waals surface area contributed by atoms with Gasteiger partial charge in [-0.05, 0) is 93.7 Å². The van der Waals surface area contributed by atoms with Crippen molar-refractivity contribution in [3.63, 3.8) is 0 Å². The highest BCUT2D eigenvalue weighted by Crippen LogP contribution is 2.39. The fourth-order valence-electron chi connectivity index (χ4n) is 11.1. The second kappa shape index (κ2) is 26.3. The summed E-state index contributed by atoms with van der Waals surface area (Å²) in [5, 5.41) is 80.6. The van der Waals surface area contributed by atoms with Crippen LogP contribution in [-0.2, 0) is 62.3 Å². The molecule has 2 aromatic carbocycles. The molecule has 8 N–H and O–H groups in total. The number of aliphatic hydroxyl groups excluding tert-OH is 5. The Kier molecular flexibility index (Phi) is 19.7. The molecule has 22 nitrogen and oxygen atoms in total. The predicted molar refractivity (Wildman–Crippen MR) is 271 cm³/mol. The van der Waals surface area contributed by atoms with Crippen molar-refractivity contribution in [1.29, 1.82) is 0 Å². The molecule has 2 aliphatic heterocycles. The average Bonchev–Trinajstić information content (AvgIpc) is 4.06. The fraction of sp³-hybridized carbons (Fsp3) is 0.630. The van der Waals surface area contributed by atoms with Crippen molar-refractivity contribution in [3.05, 3.63) is 78.2 Å². The van der Waals surface area contributed by atoms with Crippen LogP contribution in [0.4, 0.5) is 5.69 Å². The highest BCUT2D eigenvalue weighted by Gasteiger charge is 2.54. The van der Waals surface area contributed by atoms with E-state index >= 15 is 0 Å². The molecule has 4 heterocycles. The van der Waals surface area contributed by atoms with Crippen LogP contribution in [0.5, 0.6) is 0 Å². The number of benzene rings is 2. The van der Waals surface area contributed by atoms with Crippen molar-refractivity contribution < 1.29 is 78.2 Å². The van der Waals surface area contributed by atoms with E-state index in [1.54, 1.807) is 22.9 Å². The number of amides is 2. The summed E-state index contributed by atoms with van der Waals surface area (Å²) in [5.41, 5.74) is 2.69. The van der Waals surface area contributed by atoms with Gasteiger partial charge in [-0.15, -0.1) is 5.10 Å². The molecule has 4 aromatic rings. The number of carbonyl (C=O) groups excluding carboxylic acids is 3. The van der Waals surface area contributed by atoms with Crippen LogP contribution in [0.2, 0.25) is 0 Å². The zero-order chi connectivity index (χ0) is 54.0. The molecule has 8 rings (SSSR count). The number of hydrogen-bond donors (Lipinski definition) is 8. The van der Waals surface area contributed by atoms with Gasteiger partial charge in [0.15, 0.2) is 24.8 Å². The number of carboxylic acid groups (broad SMARTS) is 1. The molecule has 22 heteroatoms. The number of aliphatic carboxylic acids is 1. The van der Waals surface area contributed by atoms with Crippen molar-refractivity contribution >= 4 is 40.3 Å². The van der Waals surface area contributed by atoms with Gasteiger partial charge in [0.1, 0.15) is 36.6 Å². The molecular weight excluding hydrogens is 989 g/mol. The number of rotatable bonds is 22. The predicted octanol–water partition coefficient (Wildman–Crippen LogP) is 3.09. The Labute approximate surface area is 440 Å². The molecular formula is C54H74N6O16. The first-order valence-corrected chi connectivity index (χ1v) is 26.7. The van der Waals surface area contributed by atoms with Gasteiger partial charge in [-0.3, -0.25) is 14.3 Å². The number of nitrogens with zero attached hydrogens (tertiary/aromatic N) is 4. The van der Waals surface area contributed by atoms with Crippen LogP contribution in [0.1, 0.15) is 101 Å². The minimum Gasteiger partial charge on any atom is -0.479 e. The number of carboxylic acids is 1. The van der Waals surface area contributed by atoms with Crippen LogP contribution in [0.3, 0.4) is 0 Å². The van der Waals surface area contributed by atoms with Gasteiger partial charge < -0.3 is 74.3 Å². The van der Waals surface area contributed by atoms with E-state index in [9.17, 15) is 49.8 Å². The summed E-state index contributed by atoms with van der Waals surface area (Å²) >= 11 is 0. The van der Waals surface area contributed by atoms with E-state index in [1.165, 1.54) is 26.0 Å². The molecule has 2 amide bonds. The summed E-state index contributed by atoms with van der Waals surface area (Å²) in [6, 6.07) is 15.8. The van der Waals surface area contributed by atoms with E-state index in [2.05, 4.69) is 25.5 Å². The first-order valence-electron chi connectivity index (χ1n) is 26.7. The van der Waals surface area contributed by atoms with Crippen molar-refractivity contribution in [2.24, 2.45) is 17.8 Å². The third-order valence-corrected chi connectivity index (χ3v) is 15.2. The number of aromatic nitrogens is 4. The molecule has 4 aliphatic rings. The van der Waals surface area contributed by atoms with Crippen LogP contribution in [-0.4, -0.2) is 167 Å². The number of fused-ring (bicyclic) bond motifs is 1. The Balaban J connectivity index is 0.951. The lowest BCUT2D eigenvalue weighted by molar-refractivity contribution is -0.349. The van der Waals surface area contributed by atoms with Gasteiger partial charge in [-0.2, -0.15) is 0 Å². The van der Waals surface area contributed by atoms with Gasteiger partial charge in [0, 0.05) is 61.5 Å². The number of aliphatic hydroxyl groups is 5. The molecule has 2 aliphatic carbocycles. The van der Waals surface area contributed by atoms with Gasteiger partial charge >= 0.3 is 11.9 Å². The monoisotopic (exact) mass is 1060 g/mol. The Hall–Kier alpha value is -5.40. The third kappa shape index (κ3) is 14.2. The van der Waals surface area contributed by atoms with E-state index in [0.717, 1.165) is 67.4 Å². The number of anilines is 1. The molecule has 2 saturated heterocycles. The lowest BCUT2D eigenvalue weighted by Gasteiger charge is -2.48. The van der Waals surface area contributed by atoms with Crippen molar-refractivity contribution in [3.8, 4) is 0 Å². The Bertz CT molecular complexity index is 2540. The third-order valence-electron chi connectivity index (χ3n) is 15.2. The Morgan fingerprint density at radius 3 is 2.36 bits per heavy atom. The maximum absolute atomic E-state index is 14.1. The van der Waals surface area contributed by atoms with E-state index < -0.39 is 110 Å². The first kappa shape index (κ1) is 56.8. The normalized spacial score (nSPS) is 30.6. The lowest BCUT2D eigenvalue weighted by atomic mass is 9.77. The number of nitrogens with one attached hydrogen (secondary N) is 2. The fourth-order valence-corrected chi connectivity index (χ4v) is 11.1. The van der Waals surface area contributed by atoms with Gasteiger partial charge in [-0.1, -0.05) is 62.4 Å². The molecule has 2 aromatic heterocycles. The van der Waals surface area contributed by atoms with Gasteiger partial charge in [0.05, 0.1) is 36.2 Å². The smallest absolute Gasteiger partial charge is 0.338 e. The summed E-state index contributed by atoms with van der Waals surface area (Å²) < 4.78 is 41.5. The highest BCUT2D eigenvalue weighted by atomic mass is 16.7. The summed E-state index contributed by atoms with van der Waals surface area (Å²) in [6.07, 6.45) is -7.99. The molecule has 0 spiro atoms. The standard InChI is InChI=1S/C54H74N6O16/c1-30-24-36(50(67)55-20-10-16-38-28-60(58-57-38)22-11-21-59-23-19-35-26-37(56-32(3)62)17-18-39(35)59)27-40(47(30)76-53-46(66)45(65)43(63)31(2)71-53)73-54-49(75-52(70)34-14-8-5-9-15-34)48(44(64)42(29-61)74-54)72-41(51(68)69)25-33-12-6-4-7-13-33/h5,8-9,14-15,17-19,23,26,28,30-31,33,36,40-49,53-54,61,63-66H,4,6-7,10-13,16,20-22,24-25,27,29H2,1-3H3,(H,55,67)(H,56,62)(H,68,69). The zero-order valence-corrected chi connectivity index (χ0v) is 43.2. The number of carbonyl (C=O) groups is 4. The van der Waals surface area contributed by atoms with Crippen molar-refractivity contribution in [2.45, 2.75) is 184 Å². The summed E-state index contributed by atoms with van der Waals surface area (Å²) in [4.78, 5) is 52.3. The van der Waals surface area contributed by atoms with Crippen LogP contribution in [0, 0.1) is 17.8 Å². The second-order valence-electron chi connectivity index (χ2n) is 20.9. The van der Waals surface area contributed by atoms with Gasteiger partial charge in [-0.25, -0.2) is 9.59 Å². The minimum atomic E-state index is -1.70. The molecule has 4 fully saturated rings. The average molecular weight is 1060 g/mol. The largest absolute Gasteiger partial charge is 0.479 e. The summed E-state index contributed by atoms with van der Waals surface area (Å²) in [7, 11) is 0. The summed E-state index contributed by atoms with van der Waals surface area (Å²) in [6.45, 7) is 5.72. The highest BCUT2D eigenvalue weighted by molar-refractivity contribution is 5.92. The SMILES string of the molecule is CC(=O)Nc1ccc2c(ccn2CCCn2cc(CCCNC(=O)C3CC(C)C(OC4OC(C)C(O)C(O)C4O)C(OC4OC(CO)C(O)C(OC(CC5CCCCC5)C(=O)O)C4OC(=O)c4ccccc4)C3)nn2)c1. The van der Waals surface area contributed by atoms with Gasteiger partial charge in [0.25, 0.3) is 0 Å². The number of aryl methyl sites for hydroxylation is 3. The molecule has 0 radical (unpaired) electrons. The van der Waals surface area contributed by atoms with Crippen LogP contribution in [0.15, 0.2) is 67.0 Å². The topological polar surface area (TPSA) is 305 Å². The molecule has 15 atom stereocenters. The second-order valence-corrected chi connectivity index (χ2v) is 20.9. The van der Waals surface area contributed by atoms with Crippen LogP contribution < -0.4 is 10.6 Å². The number of hydrogen-bond acceptors (Lipinski definition) is 17. The Morgan fingerprint density at radius 1 is 0.842 bits per heavy atom. The molecule has 15 unspecified atom stereocenters. The van der Waals surface area contributed by atoms with Crippen LogP contribution >= 0.6 is 0 Å². The van der Waals surface area contributed by atoms with E-state index in [4.69, 9.17) is 28.4 Å². The zero-order valence-electron chi connectivity index (χ0n) is 43.2. The maximum Gasteiger partial charge on any atom is 0.338 e. The van der Waals surface area contributed by atoms with Crippen molar-refractivity contribution in [2.75, 3.05) is 18.5 Å². The van der Waals surface area contributed by atoms with E-state index in [1.807, 2.05) is 43.6 Å². The summed E-state index contributed by atoms with van der Waals surface area (Å²) in [5.74, 6) is -3.73. The maximum atomic E-state index is 14.1. The van der Waals surface area contributed by atoms with Gasteiger partial charge in [0.2, 0.25) is 11.8 Å². The molecule has 76 heavy (non-hydrogen) atoms. The number of ether oxygens (including phenoxy) is 6. The minimum absolute atomic E-state index is 0.0217. The van der Waals surface area contributed by atoms with Crippen LogP contribution in [0.25, 0.3) is 10.9 Å². The Morgan fingerprint density at radius 2 is 1.62 bits per heavy atom. The number of esters is 1. The van der Waals surface area contributed by atoms with E-state index in [-0.39, 0.29) is 42.6 Å². The lowest BCUT2D eigenvalue weighted by Crippen LogP contribution is -2.64. The molecule has 0 bridgehead atoms. The van der Waals surface area contributed by atoms with Crippen molar-refractivity contribution in [1.82, 2.24) is 24.9 Å². The van der Waals surface area contributed by atoms with E-state index in [0.29, 0.717) is 25.9 Å². The molecule has 2 saturated carbocycles.